The lowest BCUT2D eigenvalue weighted by molar-refractivity contribution is -0.142. The molecule has 0 radical (unpaired) electrons. The Bertz CT molecular complexity index is 569. The highest BCUT2D eigenvalue weighted by Gasteiger charge is 2.41. The summed E-state index contributed by atoms with van der Waals surface area (Å²) in [6.45, 7) is 7.67. The van der Waals surface area contributed by atoms with Gasteiger partial charge in [-0.15, -0.1) is 0 Å². The van der Waals surface area contributed by atoms with Crippen LogP contribution in [-0.4, -0.2) is 43.4 Å². The Morgan fingerprint density at radius 1 is 1.32 bits per heavy atom. The average molecular weight is 350 g/mol. The SMILES string of the molecule is CCOCCOc1ccc(NC(=O)C2(OC)CCC(C)CC2)c(C)n1. The predicted molar refractivity (Wildman–Crippen MR) is 97.0 cm³/mol. The number of hydrogen-bond donors (Lipinski definition) is 1. The van der Waals surface area contributed by atoms with Crippen molar-refractivity contribution >= 4 is 11.6 Å². The van der Waals surface area contributed by atoms with Crippen LogP contribution in [0.4, 0.5) is 5.69 Å². The molecular formula is C19H30N2O4. The summed E-state index contributed by atoms with van der Waals surface area (Å²) >= 11 is 0. The Morgan fingerprint density at radius 2 is 2.04 bits per heavy atom. The first kappa shape index (κ1) is 19.7. The van der Waals surface area contributed by atoms with Crippen LogP contribution in [0.3, 0.4) is 0 Å². The Morgan fingerprint density at radius 3 is 2.64 bits per heavy atom. The molecule has 6 nitrogen and oxygen atoms in total. The summed E-state index contributed by atoms with van der Waals surface area (Å²) in [6, 6.07) is 3.59. The summed E-state index contributed by atoms with van der Waals surface area (Å²) in [5, 5.41) is 2.98. The quantitative estimate of drug-likeness (QED) is 0.728. The fourth-order valence-electron chi connectivity index (χ4n) is 3.09. The summed E-state index contributed by atoms with van der Waals surface area (Å²) in [5.41, 5.74) is 0.681. The third-order valence-electron chi connectivity index (χ3n) is 4.88. The molecule has 0 bridgehead atoms. The normalized spacial score (nSPS) is 23.3. The third kappa shape index (κ3) is 5.16. The molecule has 1 aromatic rings. The van der Waals surface area contributed by atoms with Gasteiger partial charge in [-0.1, -0.05) is 6.92 Å². The second-order valence-corrected chi connectivity index (χ2v) is 6.66. The van der Waals surface area contributed by atoms with Crippen molar-refractivity contribution in [2.75, 3.05) is 32.2 Å². The number of rotatable bonds is 8. The topological polar surface area (TPSA) is 69.7 Å². The van der Waals surface area contributed by atoms with Crippen molar-refractivity contribution in [3.8, 4) is 5.88 Å². The number of hydrogen-bond acceptors (Lipinski definition) is 5. The lowest BCUT2D eigenvalue weighted by Gasteiger charge is -2.36. The molecule has 2 rings (SSSR count). The van der Waals surface area contributed by atoms with Gasteiger partial charge in [0.25, 0.3) is 5.91 Å². The number of ether oxygens (including phenoxy) is 3. The van der Waals surface area contributed by atoms with Crippen molar-refractivity contribution in [1.82, 2.24) is 4.98 Å². The highest BCUT2D eigenvalue weighted by atomic mass is 16.5. The minimum atomic E-state index is -0.731. The van der Waals surface area contributed by atoms with Gasteiger partial charge in [0.05, 0.1) is 18.0 Å². The van der Waals surface area contributed by atoms with Gasteiger partial charge in [0.2, 0.25) is 5.88 Å². The van der Waals surface area contributed by atoms with Crippen LogP contribution in [0.5, 0.6) is 5.88 Å². The van der Waals surface area contributed by atoms with Crippen molar-refractivity contribution in [2.45, 2.75) is 52.1 Å². The number of pyridine rings is 1. The van der Waals surface area contributed by atoms with E-state index in [-0.39, 0.29) is 5.91 Å². The van der Waals surface area contributed by atoms with E-state index in [1.165, 1.54) is 0 Å². The van der Waals surface area contributed by atoms with E-state index in [9.17, 15) is 4.79 Å². The summed E-state index contributed by atoms with van der Waals surface area (Å²) in [4.78, 5) is 17.2. The molecule has 0 atom stereocenters. The number of carbonyl (C=O) groups excluding carboxylic acids is 1. The van der Waals surface area contributed by atoms with Crippen LogP contribution in [0.2, 0.25) is 0 Å². The first-order valence-electron chi connectivity index (χ1n) is 9.05. The molecule has 1 fully saturated rings. The second kappa shape index (κ2) is 9.15. The van der Waals surface area contributed by atoms with Gasteiger partial charge in [-0.05, 0) is 51.5 Å². The molecule has 0 saturated heterocycles. The van der Waals surface area contributed by atoms with Crippen LogP contribution < -0.4 is 10.1 Å². The van der Waals surface area contributed by atoms with Gasteiger partial charge in [-0.3, -0.25) is 4.79 Å². The fraction of sp³-hybridized carbons (Fsp3) is 0.684. The van der Waals surface area contributed by atoms with Gasteiger partial charge >= 0.3 is 0 Å². The number of anilines is 1. The number of aryl methyl sites for hydroxylation is 1. The molecule has 1 amide bonds. The molecule has 1 N–H and O–H groups in total. The summed E-state index contributed by atoms with van der Waals surface area (Å²) in [7, 11) is 1.62. The van der Waals surface area contributed by atoms with Crippen LogP contribution >= 0.6 is 0 Å². The maximum Gasteiger partial charge on any atom is 0.256 e. The van der Waals surface area contributed by atoms with Gasteiger partial charge in [0.15, 0.2) is 0 Å². The molecule has 0 aromatic carbocycles. The van der Waals surface area contributed by atoms with Gasteiger partial charge in [-0.2, -0.15) is 0 Å². The molecule has 1 heterocycles. The Labute approximate surface area is 150 Å². The molecule has 0 unspecified atom stereocenters. The number of nitrogens with one attached hydrogen (secondary N) is 1. The van der Waals surface area contributed by atoms with Gasteiger partial charge in [0, 0.05) is 19.8 Å². The van der Waals surface area contributed by atoms with E-state index in [0.717, 1.165) is 31.4 Å². The summed E-state index contributed by atoms with van der Waals surface area (Å²) in [5.74, 6) is 1.09. The third-order valence-corrected chi connectivity index (χ3v) is 4.88. The summed E-state index contributed by atoms with van der Waals surface area (Å²) in [6.07, 6.45) is 3.51. The highest BCUT2D eigenvalue weighted by Crippen LogP contribution is 2.35. The molecule has 0 spiro atoms. The number of carbonyl (C=O) groups is 1. The zero-order valence-corrected chi connectivity index (χ0v) is 15.8. The van der Waals surface area contributed by atoms with Crippen LogP contribution in [0.25, 0.3) is 0 Å². The Kier molecular flexibility index (Phi) is 7.20. The molecule has 6 heteroatoms. The largest absolute Gasteiger partial charge is 0.475 e. The van der Waals surface area contributed by atoms with E-state index in [2.05, 4.69) is 17.2 Å². The molecule has 140 valence electrons. The van der Waals surface area contributed by atoms with Crippen LogP contribution in [0, 0.1) is 12.8 Å². The standard InChI is InChI=1S/C19H30N2O4/c1-5-24-12-13-25-17-7-6-16(15(3)20-17)21-18(22)19(23-4)10-8-14(2)9-11-19/h6-7,14H,5,8-13H2,1-4H3,(H,21,22). The first-order valence-corrected chi connectivity index (χ1v) is 9.05. The molecule has 0 aliphatic heterocycles. The van der Waals surface area contributed by atoms with E-state index >= 15 is 0 Å². The van der Waals surface area contributed by atoms with E-state index in [0.29, 0.717) is 37.3 Å². The first-order chi connectivity index (χ1) is 12.0. The van der Waals surface area contributed by atoms with Crippen molar-refractivity contribution < 1.29 is 19.0 Å². The molecule has 25 heavy (non-hydrogen) atoms. The zero-order chi connectivity index (χ0) is 18.3. The Balaban J connectivity index is 1.98. The molecular weight excluding hydrogens is 320 g/mol. The highest BCUT2D eigenvalue weighted by molar-refractivity contribution is 5.97. The molecule has 1 aliphatic carbocycles. The smallest absolute Gasteiger partial charge is 0.256 e. The second-order valence-electron chi connectivity index (χ2n) is 6.66. The molecule has 1 saturated carbocycles. The molecule has 1 aliphatic rings. The minimum Gasteiger partial charge on any atom is -0.475 e. The van der Waals surface area contributed by atoms with Gasteiger partial charge < -0.3 is 19.5 Å². The average Bonchev–Trinajstić information content (AvgIpc) is 2.62. The number of methoxy groups -OCH3 is 1. The minimum absolute atomic E-state index is 0.0863. The van der Waals surface area contributed by atoms with E-state index in [4.69, 9.17) is 14.2 Å². The lowest BCUT2D eigenvalue weighted by atomic mass is 9.79. The van der Waals surface area contributed by atoms with Crippen molar-refractivity contribution in [2.24, 2.45) is 5.92 Å². The van der Waals surface area contributed by atoms with E-state index < -0.39 is 5.60 Å². The van der Waals surface area contributed by atoms with E-state index in [1.54, 1.807) is 13.2 Å². The maximum absolute atomic E-state index is 12.8. The zero-order valence-electron chi connectivity index (χ0n) is 15.8. The van der Waals surface area contributed by atoms with Crippen LogP contribution in [0.15, 0.2) is 12.1 Å². The van der Waals surface area contributed by atoms with Gasteiger partial charge in [-0.25, -0.2) is 4.98 Å². The Hall–Kier alpha value is -1.66. The predicted octanol–water partition coefficient (Wildman–Crippen LogP) is 3.34. The van der Waals surface area contributed by atoms with Crippen molar-refractivity contribution in [1.29, 1.82) is 0 Å². The number of aromatic nitrogens is 1. The van der Waals surface area contributed by atoms with Crippen LogP contribution in [0.1, 0.15) is 45.2 Å². The molecule has 1 aromatic heterocycles. The summed E-state index contributed by atoms with van der Waals surface area (Å²) < 4.78 is 16.4. The van der Waals surface area contributed by atoms with Crippen molar-refractivity contribution in [3.63, 3.8) is 0 Å². The van der Waals surface area contributed by atoms with Crippen LogP contribution in [-0.2, 0) is 14.3 Å². The fourth-order valence-corrected chi connectivity index (χ4v) is 3.09. The number of amides is 1. The maximum atomic E-state index is 12.8. The lowest BCUT2D eigenvalue weighted by Crippen LogP contribution is -2.47. The van der Waals surface area contributed by atoms with Crippen molar-refractivity contribution in [3.05, 3.63) is 17.8 Å². The van der Waals surface area contributed by atoms with Gasteiger partial charge in [0.1, 0.15) is 12.2 Å². The number of nitrogens with zero attached hydrogens (tertiary/aromatic N) is 1. The van der Waals surface area contributed by atoms with E-state index in [1.807, 2.05) is 19.9 Å². The monoisotopic (exact) mass is 350 g/mol.